The molecule has 0 aliphatic rings. The molecule has 0 aliphatic heterocycles. The van der Waals surface area contributed by atoms with E-state index in [9.17, 15) is 19.5 Å². The molecule has 0 atom stereocenters. The predicted octanol–water partition coefficient (Wildman–Crippen LogP) is 4.94. The number of halogens is 1. The zero-order valence-corrected chi connectivity index (χ0v) is 17.0. The Balaban J connectivity index is 3.38. The number of hydrogen-bond donors (Lipinski definition) is 1. The van der Waals surface area contributed by atoms with Gasteiger partial charge >= 0.3 is 18.2 Å². The number of benzene rings is 1. The third-order valence-electron chi connectivity index (χ3n) is 2.82. The molecule has 1 aromatic carbocycles. The fourth-order valence-electron chi connectivity index (χ4n) is 1.81. The van der Waals surface area contributed by atoms with Crippen LogP contribution in [-0.2, 0) is 14.3 Å². The highest BCUT2D eigenvalue weighted by Crippen LogP contribution is 2.21. The van der Waals surface area contributed by atoms with Crippen molar-refractivity contribution in [3.05, 3.63) is 41.1 Å². The molecule has 1 rings (SSSR count). The third kappa shape index (κ3) is 7.70. The van der Waals surface area contributed by atoms with Crippen molar-refractivity contribution < 1.29 is 29.0 Å². The maximum Gasteiger partial charge on any atom is 0.424 e. The summed E-state index contributed by atoms with van der Waals surface area (Å²) in [5.41, 5.74) is -1.84. The average Bonchev–Trinajstić information content (AvgIpc) is 2.45. The topological polar surface area (TPSA) is 93.1 Å². The van der Waals surface area contributed by atoms with Crippen LogP contribution in [0.2, 0.25) is 5.02 Å². The number of carboxylic acid groups (broad SMARTS) is 1. The number of rotatable bonds is 3. The molecule has 0 radical (unpaired) electrons. The van der Waals surface area contributed by atoms with Crippen molar-refractivity contribution in [3.63, 3.8) is 0 Å². The zero-order valence-electron chi connectivity index (χ0n) is 16.2. The fraction of sp³-hybridized carbons (Fsp3) is 0.421. The molecule has 27 heavy (non-hydrogen) atoms. The first kappa shape index (κ1) is 22.5. The summed E-state index contributed by atoms with van der Waals surface area (Å²) in [6.45, 7) is 9.75. The van der Waals surface area contributed by atoms with E-state index in [1.807, 2.05) is 0 Å². The summed E-state index contributed by atoms with van der Waals surface area (Å²) in [6, 6.07) is 5.92. The number of carboxylic acids is 1. The molecule has 0 saturated carbocycles. The number of carbonyl (C=O) groups is 3. The van der Waals surface area contributed by atoms with Gasteiger partial charge in [-0.05, 0) is 59.2 Å². The summed E-state index contributed by atoms with van der Waals surface area (Å²) in [6.07, 6.45) is -1.22. The van der Waals surface area contributed by atoms with Gasteiger partial charge in [0.05, 0.1) is 5.57 Å². The summed E-state index contributed by atoms with van der Waals surface area (Å²) in [5.74, 6) is -1.34. The second kappa shape index (κ2) is 8.43. The lowest BCUT2D eigenvalue weighted by Crippen LogP contribution is -2.41. The molecule has 148 valence electrons. The van der Waals surface area contributed by atoms with E-state index in [0.29, 0.717) is 9.92 Å². The standard InChI is InChI=1S/C19H24ClNO6/c1-18(2,3)26-16(24)21(17(25)27-19(4,5)6)11-14(15(22)23)12-7-9-13(20)10-8-12/h7-11H,1-6H3,(H,22,23)/b14-11-. The average molecular weight is 398 g/mol. The van der Waals surface area contributed by atoms with Crippen LogP contribution in [0.5, 0.6) is 0 Å². The number of amides is 2. The van der Waals surface area contributed by atoms with Crippen LogP contribution in [0.1, 0.15) is 47.1 Å². The quantitative estimate of drug-likeness (QED) is 0.726. The number of ether oxygens (including phenoxy) is 2. The highest BCUT2D eigenvalue weighted by Gasteiger charge is 2.31. The number of nitrogens with zero attached hydrogens (tertiary/aromatic N) is 1. The van der Waals surface area contributed by atoms with E-state index in [4.69, 9.17) is 21.1 Å². The number of aliphatic carboxylic acids is 1. The van der Waals surface area contributed by atoms with Crippen molar-refractivity contribution in [3.8, 4) is 0 Å². The normalized spacial score (nSPS) is 12.3. The Bertz CT molecular complexity index is 713. The van der Waals surface area contributed by atoms with E-state index in [1.165, 1.54) is 24.3 Å². The number of imide groups is 1. The van der Waals surface area contributed by atoms with E-state index in [0.717, 1.165) is 6.20 Å². The van der Waals surface area contributed by atoms with Crippen LogP contribution in [0, 0.1) is 0 Å². The molecule has 0 spiro atoms. The largest absolute Gasteiger partial charge is 0.478 e. The van der Waals surface area contributed by atoms with Crippen LogP contribution in [0.25, 0.3) is 5.57 Å². The van der Waals surface area contributed by atoms with Gasteiger partial charge in [-0.3, -0.25) is 0 Å². The molecule has 0 fully saturated rings. The first-order valence-corrected chi connectivity index (χ1v) is 8.53. The van der Waals surface area contributed by atoms with Crippen LogP contribution in [-0.4, -0.2) is 39.4 Å². The molecule has 0 heterocycles. The van der Waals surface area contributed by atoms with E-state index in [2.05, 4.69) is 0 Å². The monoisotopic (exact) mass is 397 g/mol. The Morgan fingerprint density at radius 2 is 1.33 bits per heavy atom. The van der Waals surface area contributed by atoms with Crippen LogP contribution >= 0.6 is 11.6 Å². The van der Waals surface area contributed by atoms with Gasteiger partial charge in [-0.25, -0.2) is 14.4 Å². The summed E-state index contributed by atoms with van der Waals surface area (Å²) in [4.78, 5) is 37.2. The molecular weight excluding hydrogens is 374 g/mol. The van der Waals surface area contributed by atoms with Gasteiger partial charge in [-0.2, -0.15) is 4.90 Å². The molecule has 0 aromatic heterocycles. The van der Waals surface area contributed by atoms with E-state index >= 15 is 0 Å². The second-order valence-corrected chi connectivity index (χ2v) is 8.12. The van der Waals surface area contributed by atoms with Gasteiger partial charge in [0.15, 0.2) is 0 Å². The smallest absolute Gasteiger partial charge is 0.424 e. The van der Waals surface area contributed by atoms with Crippen molar-refractivity contribution in [1.82, 2.24) is 4.90 Å². The Hall–Kier alpha value is -2.54. The van der Waals surface area contributed by atoms with Gasteiger partial charge in [0, 0.05) is 11.2 Å². The van der Waals surface area contributed by atoms with Crippen molar-refractivity contribution in [2.45, 2.75) is 52.7 Å². The number of hydrogen-bond acceptors (Lipinski definition) is 5. The second-order valence-electron chi connectivity index (χ2n) is 7.69. The van der Waals surface area contributed by atoms with Crippen LogP contribution in [0.4, 0.5) is 9.59 Å². The lowest BCUT2D eigenvalue weighted by molar-refractivity contribution is -0.130. The van der Waals surface area contributed by atoms with E-state index < -0.39 is 29.4 Å². The van der Waals surface area contributed by atoms with Gasteiger partial charge in [0.2, 0.25) is 0 Å². The van der Waals surface area contributed by atoms with Crippen molar-refractivity contribution in [2.75, 3.05) is 0 Å². The molecule has 0 unspecified atom stereocenters. The Kier molecular flexibility index (Phi) is 7.03. The van der Waals surface area contributed by atoms with Gasteiger partial charge < -0.3 is 14.6 Å². The van der Waals surface area contributed by atoms with E-state index in [1.54, 1.807) is 41.5 Å². The molecule has 2 amide bonds. The maximum atomic E-state index is 12.5. The number of carbonyl (C=O) groups excluding carboxylic acids is 2. The van der Waals surface area contributed by atoms with Crippen molar-refractivity contribution >= 4 is 35.3 Å². The summed E-state index contributed by atoms with van der Waals surface area (Å²) in [7, 11) is 0. The maximum absolute atomic E-state index is 12.5. The first-order chi connectivity index (χ1) is 12.2. The Morgan fingerprint density at radius 1 is 0.926 bits per heavy atom. The van der Waals surface area contributed by atoms with Gasteiger partial charge in [-0.1, -0.05) is 23.7 Å². The Morgan fingerprint density at radius 3 is 1.67 bits per heavy atom. The lowest BCUT2D eigenvalue weighted by Gasteiger charge is -2.27. The summed E-state index contributed by atoms with van der Waals surface area (Å²) >= 11 is 5.82. The summed E-state index contributed by atoms with van der Waals surface area (Å²) in [5, 5.41) is 9.96. The minimum Gasteiger partial charge on any atom is -0.478 e. The van der Waals surface area contributed by atoms with Gasteiger partial charge in [0.1, 0.15) is 11.2 Å². The third-order valence-corrected chi connectivity index (χ3v) is 3.08. The highest BCUT2D eigenvalue weighted by atomic mass is 35.5. The SMILES string of the molecule is CC(C)(C)OC(=O)N(/C=C(\C(=O)O)c1ccc(Cl)cc1)C(=O)OC(C)(C)C. The first-order valence-electron chi connectivity index (χ1n) is 8.16. The highest BCUT2D eigenvalue weighted by molar-refractivity contribution is 6.30. The summed E-state index contributed by atoms with van der Waals surface area (Å²) < 4.78 is 10.4. The van der Waals surface area contributed by atoms with Crippen LogP contribution in [0.15, 0.2) is 30.5 Å². The van der Waals surface area contributed by atoms with Crippen LogP contribution in [0.3, 0.4) is 0 Å². The molecule has 1 N–H and O–H groups in total. The molecule has 7 nitrogen and oxygen atoms in total. The molecule has 8 heteroatoms. The van der Waals surface area contributed by atoms with Crippen molar-refractivity contribution in [2.24, 2.45) is 0 Å². The van der Waals surface area contributed by atoms with E-state index in [-0.39, 0.29) is 11.1 Å². The van der Waals surface area contributed by atoms with Gasteiger partial charge in [0.25, 0.3) is 0 Å². The lowest BCUT2D eigenvalue weighted by atomic mass is 10.1. The van der Waals surface area contributed by atoms with Crippen molar-refractivity contribution in [1.29, 1.82) is 0 Å². The van der Waals surface area contributed by atoms with Crippen LogP contribution < -0.4 is 0 Å². The van der Waals surface area contributed by atoms with Gasteiger partial charge in [-0.15, -0.1) is 0 Å². The molecule has 1 aromatic rings. The zero-order chi connectivity index (χ0) is 21.0. The molecular formula is C19H24ClNO6. The predicted molar refractivity (Wildman–Crippen MR) is 101 cm³/mol. The Labute approximate surface area is 163 Å². The fourth-order valence-corrected chi connectivity index (χ4v) is 1.94. The molecule has 0 bridgehead atoms. The molecule has 0 saturated heterocycles. The minimum absolute atomic E-state index is 0.254. The molecule has 0 aliphatic carbocycles. The minimum atomic E-state index is -1.34.